The highest BCUT2D eigenvalue weighted by Crippen LogP contribution is 2.40. The van der Waals surface area contributed by atoms with Crippen LogP contribution in [0.3, 0.4) is 0 Å². The highest BCUT2D eigenvalue weighted by molar-refractivity contribution is 7.92. The van der Waals surface area contributed by atoms with Crippen molar-refractivity contribution in [2.75, 3.05) is 30.1 Å². The van der Waals surface area contributed by atoms with Crippen LogP contribution in [0.25, 0.3) is 11.3 Å². The molecule has 182 valence electrons. The van der Waals surface area contributed by atoms with E-state index in [4.69, 9.17) is 32.5 Å². The molecule has 2 N–H and O–H groups in total. The lowest BCUT2D eigenvalue weighted by atomic mass is 10.1. The van der Waals surface area contributed by atoms with Gasteiger partial charge in [-0.25, -0.2) is 13.2 Å². The monoisotopic (exact) mass is 518 g/mol. The van der Waals surface area contributed by atoms with Gasteiger partial charge in [0.05, 0.1) is 22.3 Å². The number of amides is 1. The Morgan fingerprint density at radius 3 is 2.52 bits per heavy atom. The lowest BCUT2D eigenvalue weighted by molar-refractivity contribution is 0.137. The molecule has 33 heavy (non-hydrogen) atoms. The maximum Gasteiger partial charge on any atom is 0.407 e. The van der Waals surface area contributed by atoms with Gasteiger partial charge in [0.2, 0.25) is 10.0 Å². The first kappa shape index (κ1) is 25.6. The Bertz CT molecular complexity index is 1050. The van der Waals surface area contributed by atoms with Crippen molar-refractivity contribution in [1.29, 1.82) is 0 Å². The molecule has 0 bridgehead atoms. The minimum absolute atomic E-state index is 0.0685. The standard InChI is InChI=1S/C21H28Cl2N4O5S/c1-3-27(4-2)11-6-12-33(29,30)26-19-17(13-24-21(28)31-14-9-10-14)32-25-20(19)18-15(22)7-5-8-16(18)23/h5,7-8,14,26H,3-4,6,9-13H2,1-2H3,(H,24,28). The van der Waals surface area contributed by atoms with E-state index in [9.17, 15) is 13.2 Å². The van der Waals surface area contributed by atoms with Crippen molar-refractivity contribution in [2.24, 2.45) is 0 Å². The summed E-state index contributed by atoms with van der Waals surface area (Å²) in [5.74, 6) is 0.0158. The normalized spacial score (nSPS) is 13.8. The molecule has 1 aliphatic carbocycles. The highest BCUT2D eigenvalue weighted by Gasteiger charge is 2.28. The van der Waals surface area contributed by atoms with Crippen LogP contribution < -0.4 is 10.0 Å². The maximum atomic E-state index is 12.9. The van der Waals surface area contributed by atoms with Crippen LogP contribution in [0, 0.1) is 0 Å². The molecule has 0 aliphatic heterocycles. The van der Waals surface area contributed by atoms with E-state index in [1.165, 1.54) is 0 Å². The molecular weight excluding hydrogens is 491 g/mol. The Morgan fingerprint density at radius 1 is 1.24 bits per heavy atom. The molecular formula is C21H28Cl2N4O5S. The highest BCUT2D eigenvalue weighted by atomic mass is 35.5. The number of carbonyl (C=O) groups excluding carboxylic acids is 1. The molecule has 2 aromatic rings. The van der Waals surface area contributed by atoms with E-state index in [1.54, 1.807) is 18.2 Å². The van der Waals surface area contributed by atoms with Gasteiger partial charge < -0.3 is 19.5 Å². The van der Waals surface area contributed by atoms with Crippen molar-refractivity contribution in [3.05, 3.63) is 34.0 Å². The predicted octanol–water partition coefficient (Wildman–Crippen LogP) is 4.51. The third kappa shape index (κ3) is 7.23. The maximum absolute atomic E-state index is 12.9. The Morgan fingerprint density at radius 2 is 1.91 bits per heavy atom. The van der Waals surface area contributed by atoms with Crippen LogP contribution in [-0.2, 0) is 21.3 Å². The number of anilines is 1. The number of aromatic nitrogens is 1. The zero-order valence-corrected chi connectivity index (χ0v) is 20.9. The van der Waals surface area contributed by atoms with E-state index >= 15 is 0 Å². The van der Waals surface area contributed by atoms with Gasteiger partial charge in [-0.05, 0) is 51.0 Å². The van der Waals surface area contributed by atoms with Gasteiger partial charge in [0, 0.05) is 5.56 Å². The molecule has 0 unspecified atom stereocenters. The average Bonchev–Trinajstić information content (AvgIpc) is 3.50. The molecule has 1 fully saturated rings. The number of benzene rings is 1. The number of nitrogens with zero attached hydrogens (tertiary/aromatic N) is 2. The Kier molecular flexibility index (Phi) is 8.86. The van der Waals surface area contributed by atoms with Gasteiger partial charge in [-0.15, -0.1) is 0 Å². The number of hydrogen-bond acceptors (Lipinski definition) is 7. The summed E-state index contributed by atoms with van der Waals surface area (Å²) in [5.41, 5.74) is 0.557. The Labute approximate surface area is 203 Å². The lowest BCUT2D eigenvalue weighted by Crippen LogP contribution is -2.27. The number of ether oxygens (including phenoxy) is 1. The summed E-state index contributed by atoms with van der Waals surface area (Å²) in [4.78, 5) is 14.1. The lowest BCUT2D eigenvalue weighted by Gasteiger charge is -2.17. The molecule has 0 atom stereocenters. The summed E-state index contributed by atoms with van der Waals surface area (Å²) in [6.07, 6.45) is 1.44. The average molecular weight is 519 g/mol. The summed E-state index contributed by atoms with van der Waals surface area (Å²) in [7, 11) is -3.75. The van der Waals surface area contributed by atoms with Crippen LogP contribution in [0.4, 0.5) is 10.5 Å². The summed E-state index contributed by atoms with van der Waals surface area (Å²) in [6.45, 7) is 6.27. The number of carbonyl (C=O) groups is 1. The topological polar surface area (TPSA) is 114 Å². The number of hydrogen-bond donors (Lipinski definition) is 2. The SMILES string of the molecule is CCN(CC)CCCS(=O)(=O)Nc1c(-c2c(Cl)cccc2Cl)noc1CNC(=O)OC1CC1. The van der Waals surface area contributed by atoms with Crippen LogP contribution >= 0.6 is 23.2 Å². The van der Waals surface area contributed by atoms with Crippen LogP contribution in [0.15, 0.2) is 22.7 Å². The van der Waals surface area contributed by atoms with E-state index in [-0.39, 0.29) is 45.6 Å². The first-order valence-electron chi connectivity index (χ1n) is 10.8. The second-order valence-electron chi connectivity index (χ2n) is 7.69. The predicted molar refractivity (Wildman–Crippen MR) is 128 cm³/mol. The minimum Gasteiger partial charge on any atom is -0.446 e. The van der Waals surface area contributed by atoms with Crippen LogP contribution in [0.2, 0.25) is 10.0 Å². The Balaban J connectivity index is 1.82. The first-order valence-corrected chi connectivity index (χ1v) is 13.2. The number of sulfonamides is 1. The molecule has 0 spiro atoms. The second-order valence-corrected chi connectivity index (χ2v) is 10.3. The summed E-state index contributed by atoms with van der Waals surface area (Å²) < 4.78 is 38.9. The molecule has 1 aromatic heterocycles. The minimum atomic E-state index is -3.75. The Hall–Kier alpha value is -2.01. The van der Waals surface area contributed by atoms with E-state index < -0.39 is 16.1 Å². The van der Waals surface area contributed by atoms with Crippen molar-refractivity contribution in [1.82, 2.24) is 15.4 Å². The third-order valence-corrected chi connectivity index (χ3v) is 7.16. The van der Waals surface area contributed by atoms with Gasteiger partial charge in [-0.1, -0.05) is 48.3 Å². The zero-order valence-electron chi connectivity index (χ0n) is 18.6. The zero-order chi connectivity index (χ0) is 24.0. The van der Waals surface area contributed by atoms with Gasteiger partial charge in [-0.2, -0.15) is 0 Å². The summed E-state index contributed by atoms with van der Waals surface area (Å²) in [6, 6.07) is 4.90. The number of rotatable bonds is 12. The molecule has 0 radical (unpaired) electrons. The molecule has 3 rings (SSSR count). The number of alkyl carbamates (subject to hydrolysis) is 1. The smallest absolute Gasteiger partial charge is 0.407 e. The fourth-order valence-electron chi connectivity index (χ4n) is 3.20. The van der Waals surface area contributed by atoms with E-state index in [1.807, 2.05) is 13.8 Å². The van der Waals surface area contributed by atoms with Crippen molar-refractivity contribution in [2.45, 2.75) is 45.8 Å². The fourth-order valence-corrected chi connectivity index (χ4v) is 4.91. The third-order valence-electron chi connectivity index (χ3n) is 5.19. The van der Waals surface area contributed by atoms with Crippen LogP contribution in [0.1, 0.15) is 38.9 Å². The van der Waals surface area contributed by atoms with Crippen molar-refractivity contribution < 1.29 is 22.5 Å². The quantitative estimate of drug-likeness (QED) is 0.424. The summed E-state index contributed by atoms with van der Waals surface area (Å²) >= 11 is 12.6. The largest absolute Gasteiger partial charge is 0.446 e. The molecule has 1 aromatic carbocycles. The van der Waals surface area contributed by atoms with Crippen molar-refractivity contribution in [3.8, 4) is 11.3 Å². The molecule has 12 heteroatoms. The van der Waals surface area contributed by atoms with Crippen LogP contribution in [-0.4, -0.2) is 56.1 Å². The van der Waals surface area contributed by atoms with Gasteiger partial charge >= 0.3 is 6.09 Å². The number of nitrogens with one attached hydrogen (secondary N) is 2. The van der Waals surface area contributed by atoms with E-state index in [2.05, 4.69) is 20.1 Å². The van der Waals surface area contributed by atoms with Crippen molar-refractivity contribution in [3.63, 3.8) is 0 Å². The van der Waals surface area contributed by atoms with Gasteiger partial charge in [0.25, 0.3) is 0 Å². The van der Waals surface area contributed by atoms with E-state index in [0.29, 0.717) is 18.5 Å². The molecule has 1 saturated carbocycles. The fraction of sp³-hybridized carbons (Fsp3) is 0.524. The van der Waals surface area contributed by atoms with E-state index in [0.717, 1.165) is 25.9 Å². The molecule has 0 saturated heterocycles. The molecule has 9 nitrogen and oxygen atoms in total. The van der Waals surface area contributed by atoms with Gasteiger partial charge in [0.15, 0.2) is 5.76 Å². The number of halogens is 2. The second kappa shape index (κ2) is 11.4. The van der Waals surface area contributed by atoms with Crippen LogP contribution in [0.5, 0.6) is 0 Å². The van der Waals surface area contributed by atoms with Gasteiger partial charge in [0.1, 0.15) is 17.5 Å². The molecule has 1 aliphatic rings. The molecule has 1 heterocycles. The van der Waals surface area contributed by atoms with Gasteiger partial charge in [-0.3, -0.25) is 4.72 Å². The molecule has 1 amide bonds. The first-order chi connectivity index (χ1) is 15.7. The summed E-state index contributed by atoms with van der Waals surface area (Å²) in [5, 5.41) is 7.13. The van der Waals surface area contributed by atoms with Crippen molar-refractivity contribution >= 4 is 45.0 Å².